The summed E-state index contributed by atoms with van der Waals surface area (Å²) in [5, 5.41) is 6.00. The van der Waals surface area contributed by atoms with Gasteiger partial charge in [-0.15, -0.1) is 24.0 Å². The van der Waals surface area contributed by atoms with Gasteiger partial charge < -0.3 is 20.1 Å². The van der Waals surface area contributed by atoms with Crippen molar-refractivity contribution >= 4 is 41.7 Å². The number of amides is 1. The van der Waals surface area contributed by atoms with Crippen LogP contribution in [0.2, 0.25) is 0 Å². The number of nitrogens with zero attached hydrogens (tertiary/aromatic N) is 4. The van der Waals surface area contributed by atoms with E-state index in [2.05, 4.69) is 31.2 Å². The second kappa shape index (κ2) is 10.8. The minimum Gasteiger partial charge on any atom is -0.356 e. The zero-order valence-electron chi connectivity index (χ0n) is 15.7. The first-order valence-corrected chi connectivity index (χ1v) is 8.24. The highest BCUT2D eigenvalue weighted by molar-refractivity contribution is 14.0. The Balaban J connectivity index is 0.00000338. The van der Waals surface area contributed by atoms with Crippen LogP contribution < -0.4 is 10.6 Å². The summed E-state index contributed by atoms with van der Waals surface area (Å²) >= 11 is 0. The van der Waals surface area contributed by atoms with E-state index in [1.165, 1.54) is 5.69 Å². The van der Waals surface area contributed by atoms with Gasteiger partial charge in [-0.05, 0) is 30.7 Å². The lowest BCUT2D eigenvalue weighted by molar-refractivity contribution is -0.116. The number of carbonyl (C=O) groups excluding carboxylic acids is 1. The van der Waals surface area contributed by atoms with Gasteiger partial charge >= 0.3 is 0 Å². The second-order valence-corrected chi connectivity index (χ2v) is 5.96. The second-order valence-electron chi connectivity index (χ2n) is 5.96. The van der Waals surface area contributed by atoms with Crippen molar-refractivity contribution in [1.29, 1.82) is 0 Å². The first kappa shape index (κ1) is 21.9. The van der Waals surface area contributed by atoms with Crippen LogP contribution in [0.1, 0.15) is 17.7 Å². The molecule has 142 valence electrons. The normalized spacial score (nSPS) is 10.8. The van der Waals surface area contributed by atoms with Gasteiger partial charge in [0.05, 0.1) is 6.54 Å². The molecule has 0 fully saturated rings. The largest absolute Gasteiger partial charge is 0.356 e. The Labute approximate surface area is 171 Å². The van der Waals surface area contributed by atoms with Crippen molar-refractivity contribution in [2.45, 2.75) is 19.9 Å². The van der Waals surface area contributed by atoms with Crippen LogP contribution in [-0.2, 0) is 18.4 Å². The fourth-order valence-electron chi connectivity index (χ4n) is 2.40. The van der Waals surface area contributed by atoms with Crippen LogP contribution >= 0.6 is 24.0 Å². The van der Waals surface area contributed by atoms with Crippen LogP contribution in [0.25, 0.3) is 0 Å². The minimum atomic E-state index is -0.0793. The van der Waals surface area contributed by atoms with Gasteiger partial charge in [0, 0.05) is 52.2 Å². The Hall–Kier alpha value is -2.10. The van der Waals surface area contributed by atoms with Gasteiger partial charge in [-0.25, -0.2) is 4.98 Å². The van der Waals surface area contributed by atoms with Gasteiger partial charge in [-0.2, -0.15) is 0 Å². The Kier molecular flexibility index (Phi) is 9.11. The molecule has 7 nitrogen and oxygen atoms in total. The third kappa shape index (κ3) is 6.66. The van der Waals surface area contributed by atoms with E-state index in [9.17, 15) is 4.79 Å². The van der Waals surface area contributed by atoms with Gasteiger partial charge in [-0.1, -0.05) is 6.07 Å². The molecule has 0 aliphatic carbocycles. The number of hydrogen-bond donors (Lipinski definition) is 2. The lowest BCUT2D eigenvalue weighted by Gasteiger charge is -2.22. The monoisotopic (exact) mass is 470 g/mol. The zero-order valence-corrected chi connectivity index (χ0v) is 18.0. The summed E-state index contributed by atoms with van der Waals surface area (Å²) in [6.45, 7) is 3.20. The quantitative estimate of drug-likeness (QED) is 0.387. The molecule has 0 saturated heterocycles. The molecule has 2 heterocycles. The van der Waals surface area contributed by atoms with Crippen LogP contribution in [0.5, 0.6) is 0 Å². The summed E-state index contributed by atoms with van der Waals surface area (Å²) in [4.78, 5) is 22.4. The molecule has 0 aliphatic rings. The molecule has 2 aromatic rings. The molecular formula is C18H27IN6O. The maximum atomic E-state index is 12.0. The number of anilines is 1. The third-order valence-electron chi connectivity index (χ3n) is 3.84. The van der Waals surface area contributed by atoms with E-state index < -0.39 is 0 Å². The number of aryl methyl sites for hydroxylation is 2. The molecule has 0 atom stereocenters. The van der Waals surface area contributed by atoms with E-state index in [0.717, 1.165) is 18.1 Å². The number of rotatable bonds is 6. The molecule has 0 aliphatic heterocycles. The van der Waals surface area contributed by atoms with Crippen LogP contribution in [0.15, 0.2) is 41.7 Å². The van der Waals surface area contributed by atoms with E-state index in [1.54, 1.807) is 19.3 Å². The lowest BCUT2D eigenvalue weighted by Crippen LogP contribution is -2.40. The van der Waals surface area contributed by atoms with E-state index in [-0.39, 0.29) is 29.9 Å². The Morgan fingerprint density at radius 2 is 2.12 bits per heavy atom. The number of guanidine groups is 1. The van der Waals surface area contributed by atoms with Gasteiger partial charge in [0.25, 0.3) is 0 Å². The fraction of sp³-hybridized carbons (Fsp3) is 0.389. The standard InChI is InChI=1S/C18H26N6O.HI/c1-14-7-8-16(21-12-14)22-17(25)9-10-20-18(19-2)24(4)13-15-6-5-11-23(15)3;/h5-8,11-12H,9-10,13H2,1-4H3,(H,19,20)(H,21,22,25);1H. The number of pyridine rings is 1. The van der Waals surface area contributed by atoms with Gasteiger partial charge in [0.1, 0.15) is 5.82 Å². The van der Waals surface area contributed by atoms with E-state index >= 15 is 0 Å². The predicted molar refractivity (Wildman–Crippen MR) is 116 cm³/mol. The SMILES string of the molecule is CN=C(NCCC(=O)Nc1ccc(C)cn1)N(C)Cc1cccn1C.I. The summed E-state index contributed by atoms with van der Waals surface area (Å²) in [5.41, 5.74) is 2.25. The molecule has 2 rings (SSSR count). The Morgan fingerprint density at radius 3 is 2.69 bits per heavy atom. The number of nitrogens with one attached hydrogen (secondary N) is 2. The molecular weight excluding hydrogens is 443 g/mol. The summed E-state index contributed by atoms with van der Waals surface area (Å²) in [6, 6.07) is 7.81. The molecule has 1 amide bonds. The molecule has 0 spiro atoms. The maximum absolute atomic E-state index is 12.0. The van der Waals surface area contributed by atoms with Crippen molar-refractivity contribution in [2.24, 2.45) is 12.0 Å². The molecule has 0 bridgehead atoms. The van der Waals surface area contributed by atoms with E-state index in [4.69, 9.17) is 0 Å². The smallest absolute Gasteiger partial charge is 0.227 e. The highest BCUT2D eigenvalue weighted by Gasteiger charge is 2.09. The summed E-state index contributed by atoms with van der Waals surface area (Å²) in [7, 11) is 5.72. The number of hydrogen-bond acceptors (Lipinski definition) is 3. The maximum Gasteiger partial charge on any atom is 0.227 e. The molecule has 2 N–H and O–H groups in total. The van der Waals surface area contributed by atoms with Gasteiger partial charge in [0.2, 0.25) is 5.91 Å². The molecule has 0 radical (unpaired) electrons. The van der Waals surface area contributed by atoms with E-state index in [1.807, 2.05) is 44.2 Å². The average molecular weight is 470 g/mol. The minimum absolute atomic E-state index is 0. The van der Waals surface area contributed by atoms with Crippen molar-refractivity contribution in [3.63, 3.8) is 0 Å². The summed E-state index contributed by atoms with van der Waals surface area (Å²) in [5.74, 6) is 1.24. The van der Waals surface area contributed by atoms with Crippen molar-refractivity contribution < 1.29 is 4.79 Å². The first-order chi connectivity index (χ1) is 12.0. The summed E-state index contributed by atoms with van der Waals surface area (Å²) < 4.78 is 2.08. The molecule has 2 aromatic heterocycles. The zero-order chi connectivity index (χ0) is 18.2. The van der Waals surface area contributed by atoms with Crippen LogP contribution in [-0.4, -0.2) is 47.0 Å². The molecule has 0 aromatic carbocycles. The van der Waals surface area contributed by atoms with Crippen molar-refractivity contribution in [3.05, 3.63) is 47.9 Å². The van der Waals surface area contributed by atoms with Gasteiger partial charge in [-0.3, -0.25) is 9.79 Å². The van der Waals surface area contributed by atoms with Crippen molar-refractivity contribution in [2.75, 3.05) is 26.0 Å². The summed E-state index contributed by atoms with van der Waals surface area (Å²) in [6.07, 6.45) is 4.09. The molecule has 8 heteroatoms. The van der Waals surface area contributed by atoms with Crippen LogP contribution in [0.3, 0.4) is 0 Å². The van der Waals surface area contributed by atoms with Crippen molar-refractivity contribution in [3.8, 4) is 0 Å². The molecule has 0 saturated carbocycles. The highest BCUT2D eigenvalue weighted by atomic mass is 127. The first-order valence-electron chi connectivity index (χ1n) is 8.24. The topological polar surface area (TPSA) is 74.5 Å². The lowest BCUT2D eigenvalue weighted by atomic mass is 10.3. The number of halogens is 1. The number of aromatic nitrogens is 2. The van der Waals surface area contributed by atoms with Crippen molar-refractivity contribution in [1.82, 2.24) is 19.8 Å². The molecule has 0 unspecified atom stereocenters. The average Bonchev–Trinajstić information content (AvgIpc) is 2.98. The van der Waals surface area contributed by atoms with Crippen LogP contribution in [0, 0.1) is 6.92 Å². The van der Waals surface area contributed by atoms with E-state index in [0.29, 0.717) is 18.8 Å². The Morgan fingerprint density at radius 1 is 1.35 bits per heavy atom. The predicted octanol–water partition coefficient (Wildman–Crippen LogP) is 2.38. The van der Waals surface area contributed by atoms with Crippen LogP contribution in [0.4, 0.5) is 5.82 Å². The van der Waals surface area contributed by atoms with Gasteiger partial charge in [0.15, 0.2) is 5.96 Å². The Bertz CT molecular complexity index is 726. The number of carbonyl (C=O) groups is 1. The third-order valence-corrected chi connectivity index (χ3v) is 3.84. The fourth-order valence-corrected chi connectivity index (χ4v) is 2.40. The highest BCUT2D eigenvalue weighted by Crippen LogP contribution is 2.05. The number of aliphatic imine (C=N–C) groups is 1. The molecule has 26 heavy (non-hydrogen) atoms.